The largest absolute Gasteiger partial charge is 0.467 e. The maximum absolute atomic E-state index is 11.6. The molecule has 0 saturated carbocycles. The van der Waals surface area contributed by atoms with Gasteiger partial charge < -0.3 is 9.73 Å². The van der Waals surface area contributed by atoms with Crippen LogP contribution in [0.15, 0.2) is 53.2 Å². The number of hydrogen-bond acceptors (Lipinski definition) is 4. The highest BCUT2D eigenvalue weighted by Crippen LogP contribution is 2.08. The molecule has 0 aliphatic carbocycles. The quantitative estimate of drug-likeness (QED) is 0.444. The van der Waals surface area contributed by atoms with Crippen molar-refractivity contribution in [1.29, 1.82) is 0 Å². The van der Waals surface area contributed by atoms with E-state index in [-0.39, 0.29) is 6.54 Å². The molecule has 0 bridgehead atoms. The molecular formula is C17H17N3O4. The molecule has 7 nitrogen and oxygen atoms in total. The van der Waals surface area contributed by atoms with Crippen LogP contribution in [0.25, 0.3) is 6.08 Å². The Morgan fingerprint density at radius 3 is 2.54 bits per heavy atom. The zero-order valence-corrected chi connectivity index (χ0v) is 13.0. The van der Waals surface area contributed by atoms with Crippen LogP contribution >= 0.6 is 0 Å². The Bertz CT molecular complexity index is 751. The van der Waals surface area contributed by atoms with Crippen LogP contribution in [0.1, 0.15) is 16.9 Å². The zero-order chi connectivity index (χ0) is 17.4. The Labute approximate surface area is 138 Å². The summed E-state index contributed by atoms with van der Waals surface area (Å²) in [5, 5.41) is 2.36. The summed E-state index contributed by atoms with van der Waals surface area (Å²) in [5.41, 5.74) is 6.07. The number of hydrazine groups is 1. The van der Waals surface area contributed by atoms with Gasteiger partial charge in [-0.25, -0.2) is 0 Å². The van der Waals surface area contributed by atoms with Crippen LogP contribution in [0, 0.1) is 6.92 Å². The first-order valence-corrected chi connectivity index (χ1v) is 7.20. The van der Waals surface area contributed by atoms with Gasteiger partial charge in [-0.1, -0.05) is 24.3 Å². The summed E-state index contributed by atoms with van der Waals surface area (Å²) in [5.74, 6) is -1.89. The molecule has 0 fully saturated rings. The van der Waals surface area contributed by atoms with E-state index in [2.05, 4.69) is 10.7 Å². The monoisotopic (exact) mass is 327 g/mol. The molecule has 1 heterocycles. The number of benzene rings is 1. The minimum atomic E-state index is -0.973. The van der Waals surface area contributed by atoms with Crippen LogP contribution in [-0.2, 0) is 20.9 Å². The predicted octanol–water partition coefficient (Wildman–Crippen LogP) is 1.07. The van der Waals surface area contributed by atoms with Crippen LogP contribution < -0.4 is 16.2 Å². The molecule has 0 spiro atoms. The van der Waals surface area contributed by atoms with Crippen LogP contribution in [0.3, 0.4) is 0 Å². The second-order valence-electron chi connectivity index (χ2n) is 4.90. The lowest BCUT2D eigenvalue weighted by atomic mass is 10.1. The Balaban J connectivity index is 1.75. The van der Waals surface area contributed by atoms with Crippen molar-refractivity contribution in [2.75, 3.05) is 0 Å². The smallest absolute Gasteiger partial charge is 0.327 e. The number of nitrogens with one attached hydrogen (secondary N) is 3. The summed E-state index contributed by atoms with van der Waals surface area (Å²) in [6, 6.07) is 10.9. The highest BCUT2D eigenvalue weighted by Gasteiger charge is 2.13. The first kappa shape index (κ1) is 17.0. The second kappa shape index (κ2) is 8.33. The van der Waals surface area contributed by atoms with E-state index in [4.69, 9.17) is 4.42 Å². The van der Waals surface area contributed by atoms with Crippen molar-refractivity contribution in [3.8, 4) is 0 Å². The molecule has 24 heavy (non-hydrogen) atoms. The summed E-state index contributed by atoms with van der Waals surface area (Å²) in [6.45, 7) is 2.00. The van der Waals surface area contributed by atoms with Gasteiger partial charge in [0, 0.05) is 6.08 Å². The molecule has 1 aromatic carbocycles. The fourth-order valence-corrected chi connectivity index (χ4v) is 1.82. The SMILES string of the molecule is Cc1ccccc1/C=C/C(=O)NNC(=O)C(=O)NCc1ccco1. The maximum atomic E-state index is 11.6. The second-order valence-corrected chi connectivity index (χ2v) is 4.90. The molecule has 7 heteroatoms. The topological polar surface area (TPSA) is 100 Å². The van der Waals surface area contributed by atoms with Crippen LogP contribution in [-0.4, -0.2) is 17.7 Å². The van der Waals surface area contributed by atoms with E-state index in [1.165, 1.54) is 12.3 Å². The highest BCUT2D eigenvalue weighted by atomic mass is 16.3. The van der Waals surface area contributed by atoms with Gasteiger partial charge in [-0.15, -0.1) is 0 Å². The number of hydrogen-bond donors (Lipinski definition) is 3. The molecule has 3 N–H and O–H groups in total. The summed E-state index contributed by atoms with van der Waals surface area (Å²) in [7, 11) is 0. The van der Waals surface area contributed by atoms with E-state index in [1.807, 2.05) is 36.6 Å². The first-order chi connectivity index (χ1) is 11.6. The lowest BCUT2D eigenvalue weighted by molar-refractivity contribution is -0.140. The Morgan fingerprint density at radius 1 is 1.04 bits per heavy atom. The third kappa shape index (κ3) is 5.13. The van der Waals surface area contributed by atoms with Gasteiger partial charge in [0.1, 0.15) is 5.76 Å². The lowest BCUT2D eigenvalue weighted by Crippen LogP contribution is -2.47. The predicted molar refractivity (Wildman–Crippen MR) is 87.1 cm³/mol. The number of amides is 3. The molecule has 2 aromatic rings. The number of carbonyl (C=O) groups excluding carboxylic acids is 3. The molecule has 2 rings (SSSR count). The average Bonchev–Trinajstić information content (AvgIpc) is 3.10. The van der Waals surface area contributed by atoms with Crippen LogP contribution in [0.2, 0.25) is 0 Å². The molecular weight excluding hydrogens is 310 g/mol. The minimum Gasteiger partial charge on any atom is -0.467 e. The molecule has 0 saturated heterocycles. The average molecular weight is 327 g/mol. The van der Waals surface area contributed by atoms with E-state index < -0.39 is 17.7 Å². The van der Waals surface area contributed by atoms with Gasteiger partial charge in [0.25, 0.3) is 5.91 Å². The normalized spacial score (nSPS) is 10.4. The fourth-order valence-electron chi connectivity index (χ4n) is 1.82. The van der Waals surface area contributed by atoms with Crippen molar-refractivity contribution in [1.82, 2.24) is 16.2 Å². The summed E-state index contributed by atoms with van der Waals surface area (Å²) < 4.78 is 5.02. The van der Waals surface area contributed by atoms with Gasteiger partial charge in [0.2, 0.25) is 0 Å². The molecule has 1 aromatic heterocycles. The number of furan rings is 1. The van der Waals surface area contributed by atoms with Crippen molar-refractivity contribution in [2.24, 2.45) is 0 Å². The molecule has 0 aliphatic heterocycles. The summed E-state index contributed by atoms with van der Waals surface area (Å²) in [6.07, 6.45) is 4.35. The van der Waals surface area contributed by atoms with Crippen molar-refractivity contribution < 1.29 is 18.8 Å². The van der Waals surface area contributed by atoms with Gasteiger partial charge in [0.05, 0.1) is 12.8 Å². The molecule has 0 aliphatic rings. The fraction of sp³-hybridized carbons (Fsp3) is 0.118. The van der Waals surface area contributed by atoms with E-state index in [9.17, 15) is 14.4 Å². The highest BCUT2D eigenvalue weighted by molar-refractivity contribution is 6.35. The molecule has 0 unspecified atom stereocenters. The van der Waals surface area contributed by atoms with Crippen LogP contribution in [0.4, 0.5) is 0 Å². The van der Waals surface area contributed by atoms with E-state index in [1.54, 1.807) is 18.2 Å². The number of rotatable bonds is 4. The van der Waals surface area contributed by atoms with E-state index >= 15 is 0 Å². The van der Waals surface area contributed by atoms with Gasteiger partial charge in [0.15, 0.2) is 0 Å². The minimum absolute atomic E-state index is 0.0837. The van der Waals surface area contributed by atoms with Crippen LogP contribution in [0.5, 0.6) is 0 Å². The van der Waals surface area contributed by atoms with Gasteiger partial charge in [-0.2, -0.15) is 0 Å². The number of aryl methyl sites for hydroxylation is 1. The van der Waals surface area contributed by atoms with E-state index in [0.29, 0.717) is 5.76 Å². The van der Waals surface area contributed by atoms with Crippen molar-refractivity contribution in [2.45, 2.75) is 13.5 Å². The first-order valence-electron chi connectivity index (χ1n) is 7.20. The molecule has 0 atom stereocenters. The van der Waals surface area contributed by atoms with Gasteiger partial charge >= 0.3 is 11.8 Å². The maximum Gasteiger partial charge on any atom is 0.327 e. The number of carbonyl (C=O) groups is 3. The Morgan fingerprint density at radius 2 is 1.83 bits per heavy atom. The third-order valence-corrected chi connectivity index (χ3v) is 3.11. The van der Waals surface area contributed by atoms with E-state index in [0.717, 1.165) is 11.1 Å². The van der Waals surface area contributed by atoms with Gasteiger partial charge in [-0.05, 0) is 36.3 Å². The third-order valence-electron chi connectivity index (χ3n) is 3.11. The molecule has 0 radical (unpaired) electrons. The van der Waals surface area contributed by atoms with Gasteiger partial charge in [-0.3, -0.25) is 25.2 Å². The van der Waals surface area contributed by atoms with Crippen molar-refractivity contribution in [3.05, 3.63) is 65.6 Å². The Hall–Kier alpha value is -3.35. The zero-order valence-electron chi connectivity index (χ0n) is 13.0. The Kier molecular flexibility index (Phi) is 5.90. The summed E-state index contributed by atoms with van der Waals surface area (Å²) in [4.78, 5) is 34.7. The lowest BCUT2D eigenvalue weighted by Gasteiger charge is -2.05. The standard InChI is InChI=1S/C17H17N3O4/c1-12-5-2-3-6-13(12)8-9-15(21)19-20-17(23)16(22)18-11-14-7-4-10-24-14/h2-10H,11H2,1H3,(H,18,22)(H,19,21)(H,20,23)/b9-8+. The van der Waals surface area contributed by atoms with Crippen molar-refractivity contribution >= 4 is 23.8 Å². The molecule has 124 valence electrons. The van der Waals surface area contributed by atoms with Crippen molar-refractivity contribution in [3.63, 3.8) is 0 Å². The molecule has 3 amide bonds. The summed E-state index contributed by atoms with van der Waals surface area (Å²) >= 11 is 0.